The van der Waals surface area contributed by atoms with Crippen molar-refractivity contribution in [2.75, 3.05) is 6.54 Å². The van der Waals surface area contributed by atoms with Crippen LogP contribution in [0.5, 0.6) is 0 Å². The van der Waals surface area contributed by atoms with Gasteiger partial charge in [0.05, 0.1) is 0 Å². The first-order chi connectivity index (χ1) is 9.16. The average Bonchev–Trinajstić information content (AvgIpc) is 2.91. The number of halogens is 1. The van der Waals surface area contributed by atoms with Crippen LogP contribution in [0.25, 0.3) is 0 Å². The van der Waals surface area contributed by atoms with E-state index in [9.17, 15) is 9.18 Å². The molecule has 0 radical (unpaired) electrons. The first-order valence-electron chi connectivity index (χ1n) is 6.05. The highest BCUT2D eigenvalue weighted by Gasteiger charge is 2.07. The van der Waals surface area contributed by atoms with Crippen molar-refractivity contribution in [1.82, 2.24) is 20.5 Å². The molecule has 100 valence electrons. The molecule has 19 heavy (non-hydrogen) atoms. The number of nitrogens with one attached hydrogen (secondary N) is 2. The lowest BCUT2D eigenvalue weighted by molar-refractivity contribution is 0.0953. The van der Waals surface area contributed by atoms with Gasteiger partial charge in [0, 0.05) is 18.5 Å². The van der Waals surface area contributed by atoms with Gasteiger partial charge in [-0.15, -0.1) is 0 Å². The molecular weight excluding hydrogens is 247 g/mol. The fourth-order valence-corrected chi connectivity index (χ4v) is 1.70. The molecule has 0 bridgehead atoms. The predicted molar refractivity (Wildman–Crippen MR) is 68.2 cm³/mol. The fourth-order valence-electron chi connectivity index (χ4n) is 1.70. The number of aromatic nitrogens is 3. The van der Waals surface area contributed by atoms with Gasteiger partial charge in [-0.3, -0.25) is 9.89 Å². The van der Waals surface area contributed by atoms with E-state index in [-0.39, 0.29) is 11.7 Å². The summed E-state index contributed by atoms with van der Waals surface area (Å²) in [6, 6.07) is 4.33. The topological polar surface area (TPSA) is 70.7 Å². The number of aromatic amines is 1. The monoisotopic (exact) mass is 262 g/mol. The van der Waals surface area contributed by atoms with Gasteiger partial charge in [0.25, 0.3) is 5.91 Å². The van der Waals surface area contributed by atoms with Crippen molar-refractivity contribution in [3.8, 4) is 0 Å². The van der Waals surface area contributed by atoms with Crippen molar-refractivity contribution in [3.05, 3.63) is 47.3 Å². The molecule has 2 rings (SSSR count). The van der Waals surface area contributed by atoms with E-state index in [1.165, 1.54) is 18.5 Å². The molecule has 1 heterocycles. The maximum atomic E-state index is 13.1. The molecule has 5 nitrogen and oxygen atoms in total. The number of carbonyl (C=O) groups excluding carboxylic acids is 1. The molecule has 0 atom stereocenters. The molecule has 0 aliphatic heterocycles. The lowest BCUT2D eigenvalue weighted by atomic mass is 10.1. The van der Waals surface area contributed by atoms with Crippen LogP contribution in [0.1, 0.15) is 28.2 Å². The Bertz CT molecular complexity index is 554. The third kappa shape index (κ3) is 3.61. The van der Waals surface area contributed by atoms with Crippen molar-refractivity contribution < 1.29 is 9.18 Å². The maximum Gasteiger partial charge on any atom is 0.251 e. The molecule has 0 saturated carbocycles. The molecule has 1 aromatic carbocycles. The highest BCUT2D eigenvalue weighted by Crippen LogP contribution is 2.09. The van der Waals surface area contributed by atoms with Gasteiger partial charge in [-0.2, -0.15) is 5.10 Å². The molecule has 1 amide bonds. The number of H-pyrrole nitrogens is 1. The van der Waals surface area contributed by atoms with Crippen molar-refractivity contribution >= 4 is 5.91 Å². The molecule has 6 heteroatoms. The number of hydrogen-bond donors (Lipinski definition) is 2. The first kappa shape index (κ1) is 13.2. The summed E-state index contributed by atoms with van der Waals surface area (Å²) in [6.07, 6.45) is 2.94. The van der Waals surface area contributed by atoms with Crippen LogP contribution >= 0.6 is 0 Å². The van der Waals surface area contributed by atoms with Gasteiger partial charge < -0.3 is 5.32 Å². The minimum absolute atomic E-state index is 0.194. The van der Waals surface area contributed by atoms with E-state index in [1.807, 2.05) is 0 Å². The van der Waals surface area contributed by atoms with Crippen LogP contribution in [-0.2, 0) is 6.42 Å². The number of aryl methyl sites for hydroxylation is 2. The summed E-state index contributed by atoms with van der Waals surface area (Å²) in [7, 11) is 0. The van der Waals surface area contributed by atoms with Crippen molar-refractivity contribution in [2.24, 2.45) is 0 Å². The zero-order valence-corrected chi connectivity index (χ0v) is 10.6. The summed E-state index contributed by atoms with van der Waals surface area (Å²) >= 11 is 0. The van der Waals surface area contributed by atoms with Crippen LogP contribution in [-0.4, -0.2) is 27.6 Å². The Morgan fingerprint density at radius 3 is 3.00 bits per heavy atom. The summed E-state index contributed by atoms with van der Waals surface area (Å²) in [6.45, 7) is 2.17. The van der Waals surface area contributed by atoms with Crippen molar-refractivity contribution in [2.45, 2.75) is 19.8 Å². The van der Waals surface area contributed by atoms with Gasteiger partial charge in [0.1, 0.15) is 18.0 Å². The molecule has 0 aliphatic rings. The Kier molecular flexibility index (Phi) is 4.22. The number of nitrogens with zero attached hydrogens (tertiary/aromatic N) is 2. The van der Waals surface area contributed by atoms with Crippen LogP contribution in [0.3, 0.4) is 0 Å². The summed E-state index contributed by atoms with van der Waals surface area (Å²) in [5.74, 6) is 0.300. The summed E-state index contributed by atoms with van der Waals surface area (Å²) in [4.78, 5) is 15.8. The zero-order valence-electron chi connectivity index (χ0n) is 10.6. The third-order valence-electron chi connectivity index (χ3n) is 2.76. The number of rotatable bonds is 5. The lowest BCUT2D eigenvalue weighted by Crippen LogP contribution is -2.25. The number of carbonyl (C=O) groups is 1. The summed E-state index contributed by atoms with van der Waals surface area (Å²) in [5.41, 5.74) is 0.938. The fraction of sp³-hybridized carbons (Fsp3) is 0.308. The second-order valence-corrected chi connectivity index (χ2v) is 4.26. The standard InChI is InChI=1S/C13H15FN4O/c1-9-7-10(4-5-11(9)14)13(19)15-6-2-3-12-16-8-17-18-12/h4-5,7-8H,2-3,6H2,1H3,(H,15,19)(H,16,17,18). The summed E-state index contributed by atoms with van der Waals surface area (Å²) in [5, 5.41) is 9.28. The minimum atomic E-state index is -0.304. The van der Waals surface area contributed by atoms with Gasteiger partial charge in [-0.25, -0.2) is 9.37 Å². The molecule has 0 spiro atoms. The van der Waals surface area contributed by atoms with Gasteiger partial charge in [-0.05, 0) is 37.1 Å². The molecule has 1 aromatic heterocycles. The molecule has 0 fully saturated rings. The third-order valence-corrected chi connectivity index (χ3v) is 2.76. The van der Waals surface area contributed by atoms with Crippen LogP contribution in [0.4, 0.5) is 4.39 Å². The largest absolute Gasteiger partial charge is 0.352 e. The van der Waals surface area contributed by atoms with Gasteiger partial charge >= 0.3 is 0 Å². The maximum absolute atomic E-state index is 13.1. The Labute approximate surface area is 110 Å². The Hall–Kier alpha value is -2.24. The van der Waals surface area contributed by atoms with E-state index in [1.54, 1.807) is 13.0 Å². The van der Waals surface area contributed by atoms with Crippen LogP contribution in [0.2, 0.25) is 0 Å². The average molecular weight is 262 g/mol. The molecule has 0 saturated heterocycles. The van der Waals surface area contributed by atoms with Crippen LogP contribution < -0.4 is 5.32 Å². The molecule has 0 unspecified atom stereocenters. The second kappa shape index (κ2) is 6.08. The zero-order chi connectivity index (χ0) is 13.7. The van der Waals surface area contributed by atoms with Crippen molar-refractivity contribution in [1.29, 1.82) is 0 Å². The van der Waals surface area contributed by atoms with Gasteiger partial charge in [0.15, 0.2) is 0 Å². The lowest BCUT2D eigenvalue weighted by Gasteiger charge is -2.05. The Morgan fingerprint density at radius 2 is 2.32 bits per heavy atom. The number of amides is 1. The van der Waals surface area contributed by atoms with E-state index in [2.05, 4.69) is 20.5 Å². The molecule has 2 N–H and O–H groups in total. The second-order valence-electron chi connectivity index (χ2n) is 4.26. The number of benzene rings is 1. The van der Waals surface area contributed by atoms with E-state index in [4.69, 9.17) is 0 Å². The van der Waals surface area contributed by atoms with Gasteiger partial charge in [0.2, 0.25) is 0 Å². The number of hydrogen-bond acceptors (Lipinski definition) is 3. The first-order valence-corrected chi connectivity index (χ1v) is 6.05. The van der Waals surface area contributed by atoms with E-state index in [0.717, 1.165) is 18.7 Å². The van der Waals surface area contributed by atoms with E-state index >= 15 is 0 Å². The summed E-state index contributed by atoms with van der Waals surface area (Å²) < 4.78 is 13.1. The predicted octanol–water partition coefficient (Wildman–Crippen LogP) is 1.61. The smallest absolute Gasteiger partial charge is 0.251 e. The van der Waals surface area contributed by atoms with E-state index < -0.39 is 0 Å². The molecule has 2 aromatic rings. The highest BCUT2D eigenvalue weighted by molar-refractivity contribution is 5.94. The SMILES string of the molecule is Cc1cc(C(=O)NCCCc2ncn[nH]2)ccc1F. The minimum Gasteiger partial charge on any atom is -0.352 e. The van der Waals surface area contributed by atoms with Gasteiger partial charge in [-0.1, -0.05) is 0 Å². The van der Waals surface area contributed by atoms with Crippen LogP contribution in [0, 0.1) is 12.7 Å². The van der Waals surface area contributed by atoms with Crippen molar-refractivity contribution in [3.63, 3.8) is 0 Å². The Balaban J connectivity index is 1.79. The van der Waals surface area contributed by atoms with Crippen LogP contribution in [0.15, 0.2) is 24.5 Å². The quantitative estimate of drug-likeness (QED) is 0.804. The Morgan fingerprint density at radius 1 is 1.47 bits per heavy atom. The molecule has 0 aliphatic carbocycles. The molecular formula is C13H15FN4O. The normalized spacial score (nSPS) is 10.4. The van der Waals surface area contributed by atoms with E-state index in [0.29, 0.717) is 17.7 Å². The highest BCUT2D eigenvalue weighted by atomic mass is 19.1.